The molecule has 0 spiro atoms. The SMILES string of the molecule is O=S1(=O)CCN(c2nc(-c3ccc(Cl)s3)cs2)CC1. The number of sulfone groups is 1. The van der Waals surface area contributed by atoms with Crippen molar-refractivity contribution in [1.82, 2.24) is 4.98 Å². The fraction of sp³-hybridized carbons (Fsp3) is 0.364. The van der Waals surface area contributed by atoms with Crippen LogP contribution < -0.4 is 4.90 Å². The third-order valence-corrected chi connectivity index (χ3v) is 6.70. The van der Waals surface area contributed by atoms with Crippen molar-refractivity contribution < 1.29 is 8.42 Å². The van der Waals surface area contributed by atoms with Crippen LogP contribution in [0.2, 0.25) is 4.34 Å². The highest BCUT2D eigenvalue weighted by Gasteiger charge is 2.23. The van der Waals surface area contributed by atoms with E-state index in [1.165, 1.54) is 11.3 Å². The third-order valence-electron chi connectivity index (χ3n) is 2.93. The zero-order valence-corrected chi connectivity index (χ0v) is 13.1. The quantitative estimate of drug-likeness (QED) is 0.847. The third kappa shape index (κ3) is 2.94. The number of hydrogen-bond acceptors (Lipinski definition) is 6. The molecule has 0 radical (unpaired) electrons. The van der Waals surface area contributed by atoms with E-state index < -0.39 is 9.84 Å². The van der Waals surface area contributed by atoms with Gasteiger partial charge in [-0.3, -0.25) is 0 Å². The van der Waals surface area contributed by atoms with Gasteiger partial charge in [0.05, 0.1) is 26.4 Å². The lowest BCUT2D eigenvalue weighted by molar-refractivity contribution is 0.586. The molecule has 0 atom stereocenters. The average molecular weight is 335 g/mol. The highest BCUT2D eigenvalue weighted by molar-refractivity contribution is 7.91. The first-order valence-corrected chi connectivity index (χ1v) is 9.60. The van der Waals surface area contributed by atoms with E-state index in [4.69, 9.17) is 11.6 Å². The van der Waals surface area contributed by atoms with Gasteiger partial charge in [-0.05, 0) is 12.1 Å². The van der Waals surface area contributed by atoms with E-state index in [0.29, 0.717) is 13.1 Å². The van der Waals surface area contributed by atoms with Crippen LogP contribution in [0, 0.1) is 0 Å². The Kier molecular flexibility index (Phi) is 3.55. The fourth-order valence-corrected chi connectivity index (χ4v) is 5.04. The monoisotopic (exact) mass is 334 g/mol. The summed E-state index contributed by atoms with van der Waals surface area (Å²) in [4.78, 5) is 7.64. The molecule has 1 saturated heterocycles. The normalized spacial score (nSPS) is 18.7. The number of aromatic nitrogens is 1. The van der Waals surface area contributed by atoms with Crippen LogP contribution in [0.1, 0.15) is 0 Å². The summed E-state index contributed by atoms with van der Waals surface area (Å²) >= 11 is 8.95. The first-order valence-electron chi connectivity index (χ1n) is 5.70. The molecule has 0 aromatic carbocycles. The standard InChI is InChI=1S/C11H11ClN2O2S3/c12-10-2-1-9(18-10)8-7-17-11(13-8)14-3-5-19(15,16)6-4-14/h1-2,7H,3-6H2. The lowest BCUT2D eigenvalue weighted by Gasteiger charge is -2.25. The van der Waals surface area contributed by atoms with Crippen LogP contribution >= 0.6 is 34.3 Å². The van der Waals surface area contributed by atoms with Crippen LogP contribution in [0.25, 0.3) is 10.6 Å². The van der Waals surface area contributed by atoms with Crippen molar-refractivity contribution in [1.29, 1.82) is 0 Å². The molecular weight excluding hydrogens is 324 g/mol. The van der Waals surface area contributed by atoms with Crippen molar-refractivity contribution in [3.63, 3.8) is 0 Å². The van der Waals surface area contributed by atoms with E-state index in [1.807, 2.05) is 22.4 Å². The summed E-state index contributed by atoms with van der Waals surface area (Å²) in [5, 5.41) is 2.87. The maximum atomic E-state index is 11.4. The first-order chi connectivity index (χ1) is 9.03. The number of anilines is 1. The molecule has 0 bridgehead atoms. The van der Waals surface area contributed by atoms with E-state index >= 15 is 0 Å². The van der Waals surface area contributed by atoms with Gasteiger partial charge in [0.1, 0.15) is 0 Å². The summed E-state index contributed by atoms with van der Waals surface area (Å²) in [6.07, 6.45) is 0. The Bertz CT molecular complexity index is 678. The van der Waals surface area contributed by atoms with Crippen molar-refractivity contribution in [3.8, 4) is 10.6 Å². The molecule has 8 heteroatoms. The summed E-state index contributed by atoms with van der Waals surface area (Å²) < 4.78 is 23.5. The van der Waals surface area contributed by atoms with Gasteiger partial charge in [-0.1, -0.05) is 11.6 Å². The maximum Gasteiger partial charge on any atom is 0.185 e. The molecule has 0 unspecified atom stereocenters. The fourth-order valence-electron chi connectivity index (χ4n) is 1.88. The average Bonchev–Trinajstić information content (AvgIpc) is 2.97. The van der Waals surface area contributed by atoms with Gasteiger partial charge in [0, 0.05) is 18.5 Å². The molecule has 2 aromatic heterocycles. The van der Waals surface area contributed by atoms with Crippen molar-refractivity contribution >= 4 is 49.2 Å². The molecular formula is C11H11ClN2O2S3. The van der Waals surface area contributed by atoms with E-state index in [2.05, 4.69) is 4.98 Å². The second-order valence-corrected chi connectivity index (χ2v) is 9.11. The Labute approximate surface area is 124 Å². The number of thiophene rings is 1. The number of nitrogens with zero attached hydrogens (tertiary/aromatic N) is 2. The lowest BCUT2D eigenvalue weighted by Crippen LogP contribution is -2.40. The first kappa shape index (κ1) is 13.4. The topological polar surface area (TPSA) is 50.3 Å². The number of hydrogen-bond donors (Lipinski definition) is 0. The molecule has 2 aromatic rings. The Balaban J connectivity index is 1.79. The molecule has 3 rings (SSSR count). The molecule has 19 heavy (non-hydrogen) atoms. The van der Waals surface area contributed by atoms with Crippen LogP contribution in [-0.2, 0) is 9.84 Å². The zero-order valence-electron chi connectivity index (χ0n) is 9.87. The Morgan fingerprint density at radius 3 is 2.63 bits per heavy atom. The highest BCUT2D eigenvalue weighted by atomic mass is 35.5. The number of rotatable bonds is 2. The molecule has 4 nitrogen and oxygen atoms in total. The summed E-state index contributed by atoms with van der Waals surface area (Å²) in [6.45, 7) is 1.06. The molecule has 0 saturated carbocycles. The predicted molar refractivity (Wildman–Crippen MR) is 81.3 cm³/mol. The van der Waals surface area contributed by atoms with Gasteiger partial charge in [0.15, 0.2) is 15.0 Å². The van der Waals surface area contributed by atoms with Crippen molar-refractivity contribution in [2.75, 3.05) is 29.5 Å². The summed E-state index contributed by atoms with van der Waals surface area (Å²) in [5.41, 5.74) is 0.908. The van der Waals surface area contributed by atoms with E-state index in [1.54, 1.807) is 11.3 Å². The minimum atomic E-state index is -2.85. The Morgan fingerprint density at radius 2 is 2.00 bits per heavy atom. The van der Waals surface area contributed by atoms with E-state index in [-0.39, 0.29) is 11.5 Å². The van der Waals surface area contributed by atoms with Gasteiger partial charge in [0.2, 0.25) is 0 Å². The molecule has 1 aliphatic rings. The van der Waals surface area contributed by atoms with Crippen LogP contribution in [-0.4, -0.2) is 38.0 Å². The summed E-state index contributed by atoms with van der Waals surface area (Å²) in [7, 11) is -2.85. The molecule has 1 fully saturated rings. The van der Waals surface area contributed by atoms with Crippen molar-refractivity contribution in [3.05, 3.63) is 21.8 Å². The van der Waals surface area contributed by atoms with Crippen LogP contribution in [0.5, 0.6) is 0 Å². The van der Waals surface area contributed by atoms with E-state index in [0.717, 1.165) is 20.0 Å². The summed E-state index contributed by atoms with van der Waals surface area (Å²) in [6, 6.07) is 3.81. The van der Waals surface area contributed by atoms with Gasteiger partial charge in [0.25, 0.3) is 0 Å². The second kappa shape index (κ2) is 5.05. The minimum absolute atomic E-state index is 0.215. The predicted octanol–water partition coefficient (Wildman–Crippen LogP) is 2.76. The van der Waals surface area contributed by atoms with Crippen molar-refractivity contribution in [2.45, 2.75) is 0 Å². The zero-order chi connectivity index (χ0) is 13.5. The Hall–Kier alpha value is -0.630. The molecule has 102 valence electrons. The van der Waals surface area contributed by atoms with Gasteiger partial charge < -0.3 is 4.90 Å². The van der Waals surface area contributed by atoms with Gasteiger partial charge in [-0.15, -0.1) is 22.7 Å². The van der Waals surface area contributed by atoms with Crippen molar-refractivity contribution in [2.24, 2.45) is 0 Å². The Morgan fingerprint density at radius 1 is 1.26 bits per heavy atom. The van der Waals surface area contributed by atoms with Gasteiger partial charge in [-0.25, -0.2) is 13.4 Å². The maximum absolute atomic E-state index is 11.4. The van der Waals surface area contributed by atoms with E-state index in [9.17, 15) is 8.42 Å². The lowest BCUT2D eigenvalue weighted by atomic mass is 10.4. The largest absolute Gasteiger partial charge is 0.346 e. The van der Waals surface area contributed by atoms with Gasteiger partial charge >= 0.3 is 0 Å². The van der Waals surface area contributed by atoms with Crippen LogP contribution in [0.4, 0.5) is 5.13 Å². The number of halogens is 1. The molecule has 0 aliphatic carbocycles. The highest BCUT2D eigenvalue weighted by Crippen LogP contribution is 2.34. The summed E-state index contributed by atoms with van der Waals surface area (Å²) in [5.74, 6) is 0.430. The molecule has 0 N–H and O–H groups in total. The molecule has 0 amide bonds. The smallest absolute Gasteiger partial charge is 0.185 e. The minimum Gasteiger partial charge on any atom is -0.346 e. The number of thiazole rings is 1. The van der Waals surface area contributed by atoms with Gasteiger partial charge in [-0.2, -0.15) is 0 Å². The second-order valence-electron chi connectivity index (χ2n) is 4.26. The van der Waals surface area contributed by atoms with Crippen LogP contribution in [0.15, 0.2) is 17.5 Å². The van der Waals surface area contributed by atoms with Crippen LogP contribution in [0.3, 0.4) is 0 Å². The molecule has 3 heterocycles. The molecule has 1 aliphatic heterocycles.